The van der Waals surface area contributed by atoms with Gasteiger partial charge in [-0.15, -0.1) is 0 Å². The maximum Gasteiger partial charge on any atom is 0.261 e. The Labute approximate surface area is 121 Å². The van der Waals surface area contributed by atoms with E-state index in [-0.39, 0.29) is 12.2 Å². The van der Waals surface area contributed by atoms with Gasteiger partial charge in [0.25, 0.3) is 11.5 Å². The second-order valence-corrected chi connectivity index (χ2v) is 4.22. The van der Waals surface area contributed by atoms with E-state index in [1.54, 1.807) is 30.3 Å². The summed E-state index contributed by atoms with van der Waals surface area (Å²) in [5.74, 6) is 5.24. The number of pyridine rings is 1. The molecule has 0 saturated heterocycles. The Hall–Kier alpha value is -2.84. The number of aromatic amines is 1. The number of carbonyl (C=O) groups is 1. The molecule has 0 aliphatic rings. The monoisotopic (exact) mass is 282 g/mol. The Morgan fingerprint density at radius 1 is 1.24 bits per heavy atom. The van der Waals surface area contributed by atoms with Crippen LogP contribution in [0.3, 0.4) is 0 Å². The lowest BCUT2D eigenvalue weighted by Crippen LogP contribution is -2.22. The van der Waals surface area contributed by atoms with Gasteiger partial charge in [0.1, 0.15) is 5.56 Å². The average Bonchev–Trinajstić information content (AvgIpc) is 2.49. The van der Waals surface area contributed by atoms with E-state index in [0.29, 0.717) is 12.1 Å². The van der Waals surface area contributed by atoms with Crippen molar-refractivity contribution >= 4 is 11.6 Å². The van der Waals surface area contributed by atoms with Gasteiger partial charge >= 0.3 is 0 Å². The van der Waals surface area contributed by atoms with Crippen LogP contribution in [-0.2, 0) is 0 Å². The van der Waals surface area contributed by atoms with Crippen molar-refractivity contribution in [2.24, 2.45) is 0 Å². The fraction of sp³-hybridized carbons (Fsp3) is 0.125. The van der Waals surface area contributed by atoms with E-state index in [2.05, 4.69) is 22.1 Å². The lowest BCUT2D eigenvalue weighted by Gasteiger charge is -2.04. The van der Waals surface area contributed by atoms with E-state index in [4.69, 9.17) is 5.11 Å². The molecule has 0 radical (unpaired) electrons. The predicted molar refractivity (Wildman–Crippen MR) is 80.0 cm³/mol. The van der Waals surface area contributed by atoms with Gasteiger partial charge < -0.3 is 15.4 Å². The molecule has 2 rings (SSSR count). The topological polar surface area (TPSA) is 82.2 Å². The number of benzene rings is 1. The Bertz CT molecular complexity index is 736. The summed E-state index contributed by atoms with van der Waals surface area (Å²) >= 11 is 0. The molecule has 0 atom stereocenters. The first-order valence-corrected chi connectivity index (χ1v) is 6.39. The van der Waals surface area contributed by atoms with Crippen LogP contribution in [0.25, 0.3) is 0 Å². The Kier molecular flexibility index (Phi) is 4.91. The molecular formula is C16H14N2O3. The minimum Gasteiger partial charge on any atom is -0.395 e. The summed E-state index contributed by atoms with van der Waals surface area (Å²) in [5, 5.41) is 11.3. The Morgan fingerprint density at radius 2 is 2.00 bits per heavy atom. The van der Waals surface area contributed by atoms with E-state index in [0.717, 1.165) is 5.56 Å². The van der Waals surface area contributed by atoms with Gasteiger partial charge in [0.15, 0.2) is 0 Å². The molecule has 0 saturated carbocycles. The average molecular weight is 282 g/mol. The predicted octanol–water partition coefficient (Wildman–Crippen LogP) is 1.36. The minimum atomic E-state index is -0.462. The highest BCUT2D eigenvalue weighted by molar-refractivity contribution is 6.03. The van der Waals surface area contributed by atoms with Crippen molar-refractivity contribution in [3.8, 4) is 11.8 Å². The highest BCUT2D eigenvalue weighted by atomic mass is 16.2. The molecule has 1 aromatic heterocycles. The number of aliphatic hydroxyl groups excluding tert-OH is 1. The number of hydrogen-bond donors (Lipinski definition) is 3. The number of H-pyrrole nitrogens is 1. The molecule has 1 amide bonds. The zero-order valence-electron chi connectivity index (χ0n) is 11.2. The fourth-order valence-electron chi connectivity index (χ4n) is 1.66. The molecule has 0 unspecified atom stereocenters. The van der Waals surface area contributed by atoms with Gasteiger partial charge in [-0.2, -0.15) is 0 Å². The molecule has 3 N–H and O–H groups in total. The smallest absolute Gasteiger partial charge is 0.261 e. The van der Waals surface area contributed by atoms with Crippen LogP contribution >= 0.6 is 0 Å². The quantitative estimate of drug-likeness (QED) is 0.743. The van der Waals surface area contributed by atoms with Gasteiger partial charge in [-0.25, -0.2) is 0 Å². The van der Waals surface area contributed by atoms with Crippen LogP contribution in [0.1, 0.15) is 22.3 Å². The number of aliphatic hydroxyl groups is 1. The van der Waals surface area contributed by atoms with Crippen LogP contribution in [0, 0.1) is 11.8 Å². The third kappa shape index (κ3) is 4.06. The van der Waals surface area contributed by atoms with Crippen LogP contribution in [0.4, 0.5) is 5.69 Å². The van der Waals surface area contributed by atoms with Gasteiger partial charge in [0, 0.05) is 23.9 Å². The molecule has 106 valence electrons. The number of anilines is 1. The summed E-state index contributed by atoms with van der Waals surface area (Å²) < 4.78 is 0. The SMILES string of the molecule is O=C(Nc1ccc(C#CCCO)cc1)c1ccc[nH]c1=O. The number of carbonyl (C=O) groups excluding carboxylic acids is 1. The number of amides is 1. The molecule has 1 aromatic carbocycles. The first-order valence-electron chi connectivity index (χ1n) is 6.39. The summed E-state index contributed by atoms with van der Waals surface area (Å²) in [5.41, 5.74) is 1.00. The van der Waals surface area contributed by atoms with E-state index in [9.17, 15) is 9.59 Å². The van der Waals surface area contributed by atoms with Crippen LogP contribution in [0.15, 0.2) is 47.4 Å². The summed E-state index contributed by atoms with van der Waals surface area (Å²) in [6.45, 7) is 0.0345. The molecule has 0 spiro atoms. The van der Waals surface area contributed by atoms with Crippen molar-refractivity contribution in [1.29, 1.82) is 0 Å². The summed E-state index contributed by atoms with van der Waals surface area (Å²) in [4.78, 5) is 25.9. The van der Waals surface area contributed by atoms with Gasteiger partial charge in [0.05, 0.1) is 6.61 Å². The number of aromatic nitrogens is 1. The zero-order chi connectivity index (χ0) is 15.1. The molecule has 0 aliphatic carbocycles. The molecule has 5 nitrogen and oxygen atoms in total. The van der Waals surface area contributed by atoms with Crippen molar-refractivity contribution in [3.05, 3.63) is 64.1 Å². The van der Waals surface area contributed by atoms with Gasteiger partial charge in [-0.3, -0.25) is 9.59 Å². The van der Waals surface area contributed by atoms with Crippen LogP contribution in [-0.4, -0.2) is 22.6 Å². The molecule has 0 fully saturated rings. The number of nitrogens with one attached hydrogen (secondary N) is 2. The first-order chi connectivity index (χ1) is 10.2. The van der Waals surface area contributed by atoms with Crippen molar-refractivity contribution in [1.82, 2.24) is 4.98 Å². The lowest BCUT2D eigenvalue weighted by atomic mass is 10.2. The molecule has 2 aromatic rings. The van der Waals surface area contributed by atoms with Crippen molar-refractivity contribution in [2.45, 2.75) is 6.42 Å². The van der Waals surface area contributed by atoms with E-state index in [1.807, 2.05) is 0 Å². The van der Waals surface area contributed by atoms with Gasteiger partial charge in [0.2, 0.25) is 0 Å². The standard InChI is InChI=1S/C16H14N2O3/c19-11-2-1-4-12-6-8-13(9-7-12)18-16(21)14-5-3-10-17-15(14)20/h3,5-10,19H,2,11H2,(H,17,20)(H,18,21). The second kappa shape index (κ2) is 7.08. The third-order valence-electron chi connectivity index (χ3n) is 2.68. The molecule has 5 heteroatoms. The summed E-state index contributed by atoms with van der Waals surface area (Å²) in [6, 6.07) is 9.99. The van der Waals surface area contributed by atoms with E-state index in [1.165, 1.54) is 12.3 Å². The summed E-state index contributed by atoms with van der Waals surface area (Å²) in [7, 11) is 0. The Balaban J connectivity index is 2.07. The third-order valence-corrected chi connectivity index (χ3v) is 2.68. The molecule has 0 bridgehead atoms. The zero-order valence-corrected chi connectivity index (χ0v) is 11.2. The summed E-state index contributed by atoms with van der Waals surface area (Å²) in [6.07, 6.45) is 1.90. The van der Waals surface area contributed by atoms with Crippen molar-refractivity contribution in [2.75, 3.05) is 11.9 Å². The highest BCUT2D eigenvalue weighted by Crippen LogP contribution is 2.09. The molecular weight excluding hydrogens is 268 g/mol. The van der Waals surface area contributed by atoms with E-state index >= 15 is 0 Å². The minimum absolute atomic E-state index is 0.0345. The van der Waals surface area contributed by atoms with Crippen LogP contribution in [0.2, 0.25) is 0 Å². The molecule has 21 heavy (non-hydrogen) atoms. The van der Waals surface area contributed by atoms with Crippen molar-refractivity contribution < 1.29 is 9.90 Å². The highest BCUT2D eigenvalue weighted by Gasteiger charge is 2.09. The van der Waals surface area contributed by atoms with Crippen LogP contribution < -0.4 is 10.9 Å². The first kappa shape index (κ1) is 14.6. The van der Waals surface area contributed by atoms with Crippen LogP contribution in [0.5, 0.6) is 0 Å². The second-order valence-electron chi connectivity index (χ2n) is 4.22. The maximum absolute atomic E-state index is 11.9. The molecule has 1 heterocycles. The van der Waals surface area contributed by atoms with Gasteiger partial charge in [-0.1, -0.05) is 11.8 Å². The van der Waals surface area contributed by atoms with Crippen molar-refractivity contribution in [3.63, 3.8) is 0 Å². The largest absolute Gasteiger partial charge is 0.395 e. The molecule has 0 aliphatic heterocycles. The fourth-order valence-corrected chi connectivity index (χ4v) is 1.66. The lowest BCUT2D eigenvalue weighted by molar-refractivity contribution is 0.102. The number of rotatable bonds is 3. The normalized spacial score (nSPS) is 9.57. The van der Waals surface area contributed by atoms with Gasteiger partial charge in [-0.05, 0) is 36.4 Å². The Morgan fingerprint density at radius 3 is 2.67 bits per heavy atom. The van der Waals surface area contributed by atoms with E-state index < -0.39 is 11.5 Å². The maximum atomic E-state index is 11.9. The number of hydrogen-bond acceptors (Lipinski definition) is 3.